The van der Waals surface area contributed by atoms with Gasteiger partial charge >= 0.3 is 0 Å². The summed E-state index contributed by atoms with van der Waals surface area (Å²) in [5, 5.41) is 12.5. The molecule has 0 fully saturated rings. The molecule has 0 bridgehead atoms. The summed E-state index contributed by atoms with van der Waals surface area (Å²) >= 11 is 0. The second kappa shape index (κ2) is 7.51. The maximum atomic E-state index is 13.8. The highest BCUT2D eigenvalue weighted by Gasteiger charge is 2.13. The summed E-state index contributed by atoms with van der Waals surface area (Å²) < 4.78 is 21.2. The average molecular weight is 363 g/mol. The molecule has 6 nitrogen and oxygen atoms in total. The van der Waals surface area contributed by atoms with E-state index in [0.29, 0.717) is 24.9 Å². The van der Waals surface area contributed by atoms with Gasteiger partial charge in [-0.05, 0) is 49.0 Å². The van der Waals surface area contributed by atoms with Crippen molar-refractivity contribution in [2.75, 3.05) is 7.05 Å². The topological polar surface area (TPSA) is 60.0 Å². The van der Waals surface area contributed by atoms with Crippen LogP contribution in [0.25, 0.3) is 17.1 Å². The first-order valence-electron chi connectivity index (χ1n) is 8.54. The van der Waals surface area contributed by atoms with Crippen LogP contribution in [-0.2, 0) is 13.1 Å². The molecule has 0 radical (unpaired) electrons. The molecule has 0 atom stereocenters. The Morgan fingerprint density at radius 3 is 2.67 bits per heavy atom. The first kappa shape index (κ1) is 17.1. The van der Waals surface area contributed by atoms with Gasteiger partial charge in [-0.3, -0.25) is 4.90 Å². The fraction of sp³-hybridized carbons (Fsp3) is 0.150. The van der Waals surface area contributed by atoms with Crippen LogP contribution >= 0.6 is 0 Å². The average Bonchev–Trinajstić information content (AvgIpc) is 3.35. The van der Waals surface area contributed by atoms with Crippen LogP contribution in [-0.4, -0.2) is 31.9 Å². The van der Waals surface area contributed by atoms with Crippen LogP contribution in [0.1, 0.15) is 11.5 Å². The van der Waals surface area contributed by atoms with Crippen molar-refractivity contribution in [3.05, 3.63) is 84.3 Å². The molecule has 0 saturated heterocycles. The Morgan fingerprint density at radius 2 is 1.89 bits per heavy atom. The minimum atomic E-state index is -0.279. The van der Waals surface area contributed by atoms with Crippen molar-refractivity contribution >= 4 is 0 Å². The molecule has 0 saturated carbocycles. The van der Waals surface area contributed by atoms with Gasteiger partial charge in [-0.2, -0.15) is 5.10 Å². The zero-order valence-corrected chi connectivity index (χ0v) is 14.8. The molecule has 2 aromatic heterocycles. The van der Waals surface area contributed by atoms with Gasteiger partial charge < -0.3 is 4.42 Å². The van der Waals surface area contributed by atoms with E-state index in [1.807, 2.05) is 54.5 Å². The fourth-order valence-electron chi connectivity index (χ4n) is 2.91. The van der Waals surface area contributed by atoms with Gasteiger partial charge in [0.05, 0.1) is 12.2 Å². The van der Waals surface area contributed by atoms with E-state index in [9.17, 15) is 4.39 Å². The molecule has 0 N–H and O–H groups in total. The molecule has 27 heavy (non-hydrogen) atoms. The Hall–Kier alpha value is -3.32. The van der Waals surface area contributed by atoms with E-state index in [1.54, 1.807) is 16.9 Å². The van der Waals surface area contributed by atoms with Gasteiger partial charge in [-0.25, -0.2) is 9.07 Å². The predicted octanol–water partition coefficient (Wildman–Crippen LogP) is 3.69. The van der Waals surface area contributed by atoms with Crippen LogP contribution in [0.5, 0.6) is 0 Å². The highest BCUT2D eigenvalue weighted by molar-refractivity contribution is 5.51. The van der Waals surface area contributed by atoms with Crippen molar-refractivity contribution in [2.24, 2.45) is 0 Å². The zero-order valence-electron chi connectivity index (χ0n) is 14.8. The minimum absolute atomic E-state index is 0.279. The zero-order chi connectivity index (χ0) is 18.6. The van der Waals surface area contributed by atoms with Crippen LogP contribution in [0.3, 0.4) is 0 Å². The lowest BCUT2D eigenvalue weighted by atomic mass is 10.1. The van der Waals surface area contributed by atoms with Crippen molar-refractivity contribution in [1.82, 2.24) is 24.9 Å². The SMILES string of the molecule is CN(Cc1nnc(-c2ccccc2)o1)Cc1cc(F)ccc1-n1cccn1. The first-order chi connectivity index (χ1) is 13.2. The van der Waals surface area contributed by atoms with Gasteiger partial charge in [0, 0.05) is 24.5 Å². The van der Waals surface area contributed by atoms with Gasteiger partial charge in [-0.1, -0.05) is 18.2 Å². The molecule has 2 aromatic carbocycles. The molecule has 0 aliphatic rings. The molecule has 7 heteroatoms. The minimum Gasteiger partial charge on any atom is -0.419 e. The number of hydrogen-bond donors (Lipinski definition) is 0. The maximum Gasteiger partial charge on any atom is 0.247 e. The molecule has 0 aliphatic heterocycles. The van der Waals surface area contributed by atoms with Crippen LogP contribution in [0.4, 0.5) is 4.39 Å². The van der Waals surface area contributed by atoms with Crippen LogP contribution < -0.4 is 0 Å². The number of benzene rings is 2. The van der Waals surface area contributed by atoms with Gasteiger partial charge in [0.2, 0.25) is 11.8 Å². The van der Waals surface area contributed by atoms with Crippen LogP contribution in [0.15, 0.2) is 71.4 Å². The number of nitrogens with zero attached hydrogens (tertiary/aromatic N) is 5. The van der Waals surface area contributed by atoms with Crippen LogP contribution in [0, 0.1) is 5.82 Å². The Morgan fingerprint density at radius 1 is 1.04 bits per heavy atom. The van der Waals surface area contributed by atoms with E-state index in [-0.39, 0.29) is 5.82 Å². The summed E-state index contributed by atoms with van der Waals surface area (Å²) in [5.41, 5.74) is 2.54. The maximum absolute atomic E-state index is 13.8. The van der Waals surface area contributed by atoms with Gasteiger partial charge in [0.25, 0.3) is 0 Å². The highest BCUT2D eigenvalue weighted by atomic mass is 19.1. The smallest absolute Gasteiger partial charge is 0.247 e. The summed E-state index contributed by atoms with van der Waals surface area (Å²) in [4.78, 5) is 1.99. The van der Waals surface area contributed by atoms with Crippen LogP contribution in [0.2, 0.25) is 0 Å². The van der Waals surface area contributed by atoms with E-state index in [0.717, 1.165) is 16.8 Å². The predicted molar refractivity (Wildman–Crippen MR) is 98.4 cm³/mol. The second-order valence-electron chi connectivity index (χ2n) is 6.26. The third-order valence-electron chi connectivity index (χ3n) is 4.13. The van der Waals surface area contributed by atoms with Crippen molar-refractivity contribution in [2.45, 2.75) is 13.1 Å². The monoisotopic (exact) mass is 363 g/mol. The fourth-order valence-corrected chi connectivity index (χ4v) is 2.91. The third-order valence-corrected chi connectivity index (χ3v) is 4.13. The Balaban J connectivity index is 1.50. The lowest BCUT2D eigenvalue weighted by Crippen LogP contribution is -2.19. The molecule has 0 amide bonds. The molecule has 0 spiro atoms. The van der Waals surface area contributed by atoms with E-state index in [2.05, 4.69) is 15.3 Å². The largest absolute Gasteiger partial charge is 0.419 e. The second-order valence-corrected chi connectivity index (χ2v) is 6.26. The quantitative estimate of drug-likeness (QED) is 0.523. The Bertz CT molecular complexity index is 1010. The summed E-state index contributed by atoms with van der Waals surface area (Å²) in [6.07, 6.45) is 3.53. The number of hydrogen-bond acceptors (Lipinski definition) is 5. The molecule has 2 heterocycles. The molecule has 136 valence electrons. The standard InChI is InChI=1S/C20H18FN5O/c1-25(14-19-23-24-20(27-19)15-6-3-2-4-7-15)13-16-12-17(21)8-9-18(16)26-11-5-10-22-26/h2-12H,13-14H2,1H3. The number of aromatic nitrogens is 4. The van der Waals surface area contributed by atoms with E-state index in [1.165, 1.54) is 12.1 Å². The molecule has 4 aromatic rings. The van der Waals surface area contributed by atoms with Crippen molar-refractivity contribution in [3.63, 3.8) is 0 Å². The van der Waals surface area contributed by atoms with Gasteiger partial charge in [-0.15, -0.1) is 10.2 Å². The molecule has 4 rings (SSSR count). The molecular weight excluding hydrogens is 345 g/mol. The molecule has 0 unspecified atom stereocenters. The number of rotatable bonds is 6. The Kier molecular flexibility index (Phi) is 4.76. The summed E-state index contributed by atoms with van der Waals surface area (Å²) in [7, 11) is 1.92. The highest BCUT2D eigenvalue weighted by Crippen LogP contribution is 2.20. The summed E-state index contributed by atoms with van der Waals surface area (Å²) in [6, 6.07) is 16.1. The lowest BCUT2D eigenvalue weighted by Gasteiger charge is -2.17. The van der Waals surface area contributed by atoms with Crippen molar-refractivity contribution < 1.29 is 8.81 Å². The van der Waals surface area contributed by atoms with Crippen molar-refractivity contribution in [3.8, 4) is 17.1 Å². The first-order valence-corrected chi connectivity index (χ1v) is 8.54. The van der Waals surface area contributed by atoms with E-state index >= 15 is 0 Å². The van der Waals surface area contributed by atoms with Gasteiger partial charge in [0.1, 0.15) is 5.82 Å². The van der Waals surface area contributed by atoms with Gasteiger partial charge in [0.15, 0.2) is 0 Å². The lowest BCUT2D eigenvalue weighted by molar-refractivity contribution is 0.282. The summed E-state index contributed by atoms with van der Waals surface area (Å²) in [6.45, 7) is 0.963. The Labute approximate surface area is 155 Å². The number of halogens is 1. The molecule has 0 aliphatic carbocycles. The van der Waals surface area contributed by atoms with Crippen molar-refractivity contribution in [1.29, 1.82) is 0 Å². The summed E-state index contributed by atoms with van der Waals surface area (Å²) in [5.74, 6) is 0.717. The third kappa shape index (κ3) is 3.93. The van der Waals surface area contributed by atoms with E-state index < -0.39 is 0 Å². The molecular formula is C20H18FN5O. The van der Waals surface area contributed by atoms with E-state index in [4.69, 9.17) is 4.42 Å². The normalized spacial score (nSPS) is 11.2.